The van der Waals surface area contributed by atoms with E-state index in [1.54, 1.807) is 35.6 Å². The number of rotatable bonds is 5. The highest BCUT2D eigenvalue weighted by molar-refractivity contribution is 7.09. The molecule has 4 rings (SSSR count). The minimum absolute atomic E-state index is 0.0462. The Morgan fingerprint density at radius 3 is 2.21 bits per heavy atom. The number of carbonyl (C=O) groups excluding carboxylic acids is 2. The molecule has 0 saturated carbocycles. The fourth-order valence-electron chi connectivity index (χ4n) is 3.65. The lowest BCUT2D eigenvalue weighted by molar-refractivity contribution is -0.917. The van der Waals surface area contributed by atoms with Gasteiger partial charge in [0.1, 0.15) is 6.54 Å². The quantitative estimate of drug-likeness (QED) is 0.679. The van der Waals surface area contributed by atoms with Gasteiger partial charge in [0.25, 0.3) is 5.91 Å². The minimum atomic E-state index is -0.105. The number of benzene rings is 2. The van der Waals surface area contributed by atoms with E-state index in [-0.39, 0.29) is 11.7 Å². The number of ketones is 1. The average molecular weight is 392 g/mol. The molecule has 0 aliphatic carbocycles. The number of amides is 1. The summed E-state index contributed by atoms with van der Waals surface area (Å²) in [6.07, 6.45) is 0. The SMILES string of the molecule is O=C(c1ccccc1)c1ccccc1C(=O)N1CC[NH+](Cc2cccs2)CC1. The second-order valence-corrected chi connectivity index (χ2v) is 8.07. The summed E-state index contributed by atoms with van der Waals surface area (Å²) in [4.78, 5) is 30.8. The van der Waals surface area contributed by atoms with E-state index in [2.05, 4.69) is 17.5 Å². The van der Waals surface area contributed by atoms with Crippen molar-refractivity contribution in [1.29, 1.82) is 0 Å². The molecule has 1 saturated heterocycles. The first-order valence-corrected chi connectivity index (χ1v) is 10.4. The number of thiophene rings is 1. The van der Waals surface area contributed by atoms with Gasteiger partial charge in [0, 0.05) is 11.1 Å². The van der Waals surface area contributed by atoms with Crippen LogP contribution in [-0.4, -0.2) is 42.8 Å². The van der Waals surface area contributed by atoms with Gasteiger partial charge in [0.15, 0.2) is 5.78 Å². The van der Waals surface area contributed by atoms with Crippen LogP contribution in [0.2, 0.25) is 0 Å². The van der Waals surface area contributed by atoms with E-state index >= 15 is 0 Å². The van der Waals surface area contributed by atoms with Crippen LogP contribution in [0.15, 0.2) is 72.1 Å². The molecule has 2 aromatic carbocycles. The molecule has 28 heavy (non-hydrogen) atoms. The smallest absolute Gasteiger partial charge is 0.255 e. The summed E-state index contributed by atoms with van der Waals surface area (Å²) in [5, 5.41) is 2.11. The standard InChI is InChI=1S/C23H22N2O2S/c26-22(18-7-2-1-3-8-18)20-10-4-5-11-21(20)23(27)25-14-12-24(13-15-25)17-19-9-6-16-28-19/h1-11,16H,12-15,17H2/p+1. The number of hydrogen-bond donors (Lipinski definition) is 1. The highest BCUT2D eigenvalue weighted by atomic mass is 32.1. The molecule has 0 atom stereocenters. The Balaban J connectivity index is 1.46. The van der Waals surface area contributed by atoms with Gasteiger partial charge in [-0.05, 0) is 17.5 Å². The molecule has 142 valence electrons. The molecule has 4 nitrogen and oxygen atoms in total. The maximum atomic E-state index is 13.1. The van der Waals surface area contributed by atoms with Crippen LogP contribution in [-0.2, 0) is 6.54 Å². The molecular weight excluding hydrogens is 368 g/mol. The Labute approximate surface area is 169 Å². The molecule has 0 spiro atoms. The average Bonchev–Trinajstić information content (AvgIpc) is 3.27. The molecule has 1 N–H and O–H groups in total. The Hall–Kier alpha value is -2.76. The minimum Gasteiger partial charge on any atom is -0.328 e. The zero-order valence-electron chi connectivity index (χ0n) is 15.6. The van der Waals surface area contributed by atoms with E-state index < -0.39 is 0 Å². The molecule has 2 heterocycles. The fraction of sp³-hybridized carbons (Fsp3) is 0.217. The van der Waals surface area contributed by atoms with Crippen molar-refractivity contribution in [2.24, 2.45) is 0 Å². The third kappa shape index (κ3) is 4.06. The second-order valence-electron chi connectivity index (χ2n) is 7.04. The number of hydrogen-bond acceptors (Lipinski definition) is 3. The summed E-state index contributed by atoms with van der Waals surface area (Å²) in [5.74, 6) is -0.151. The molecule has 3 aromatic rings. The first-order chi connectivity index (χ1) is 13.7. The molecule has 1 amide bonds. The predicted octanol–water partition coefficient (Wildman–Crippen LogP) is 2.52. The van der Waals surface area contributed by atoms with Crippen molar-refractivity contribution in [3.8, 4) is 0 Å². The van der Waals surface area contributed by atoms with Crippen LogP contribution in [0.4, 0.5) is 0 Å². The zero-order valence-corrected chi connectivity index (χ0v) is 16.5. The van der Waals surface area contributed by atoms with Gasteiger partial charge < -0.3 is 9.80 Å². The highest BCUT2D eigenvalue weighted by Gasteiger charge is 2.27. The summed E-state index contributed by atoms with van der Waals surface area (Å²) < 4.78 is 0. The maximum absolute atomic E-state index is 13.1. The monoisotopic (exact) mass is 391 g/mol. The van der Waals surface area contributed by atoms with Gasteiger partial charge in [0.2, 0.25) is 0 Å². The summed E-state index contributed by atoms with van der Waals surface area (Å²) in [6, 6.07) is 20.5. The molecular formula is C23H23N2O2S+. The number of carbonyl (C=O) groups is 2. The van der Waals surface area contributed by atoms with Crippen LogP contribution >= 0.6 is 11.3 Å². The van der Waals surface area contributed by atoms with Gasteiger partial charge in [-0.2, -0.15) is 0 Å². The number of nitrogens with zero attached hydrogens (tertiary/aromatic N) is 1. The summed E-state index contributed by atoms with van der Waals surface area (Å²) in [6.45, 7) is 4.31. The van der Waals surface area contributed by atoms with Gasteiger partial charge in [-0.15, -0.1) is 11.3 Å². The molecule has 5 heteroatoms. The van der Waals surface area contributed by atoms with E-state index in [1.807, 2.05) is 35.2 Å². The second kappa shape index (κ2) is 8.50. The van der Waals surface area contributed by atoms with E-state index in [9.17, 15) is 9.59 Å². The van der Waals surface area contributed by atoms with Crippen molar-refractivity contribution in [2.45, 2.75) is 6.54 Å². The molecule has 1 aromatic heterocycles. The van der Waals surface area contributed by atoms with Crippen molar-refractivity contribution in [3.63, 3.8) is 0 Å². The lowest BCUT2D eigenvalue weighted by atomic mass is 9.97. The van der Waals surface area contributed by atoms with E-state index in [1.165, 1.54) is 9.78 Å². The fourth-order valence-corrected chi connectivity index (χ4v) is 4.42. The number of quaternary nitrogens is 1. The van der Waals surface area contributed by atoms with Gasteiger partial charge in [-0.1, -0.05) is 54.6 Å². The summed E-state index contributed by atoms with van der Waals surface area (Å²) >= 11 is 1.78. The number of nitrogens with one attached hydrogen (secondary N) is 1. The van der Waals surface area contributed by atoms with E-state index in [0.29, 0.717) is 29.8 Å². The van der Waals surface area contributed by atoms with Crippen molar-refractivity contribution in [1.82, 2.24) is 4.90 Å². The third-order valence-corrected chi connectivity index (χ3v) is 6.08. The van der Waals surface area contributed by atoms with E-state index in [0.717, 1.165) is 19.6 Å². The van der Waals surface area contributed by atoms with Crippen LogP contribution in [0.5, 0.6) is 0 Å². The maximum Gasteiger partial charge on any atom is 0.255 e. The summed E-state index contributed by atoms with van der Waals surface area (Å²) in [5.41, 5.74) is 1.58. The number of piperazine rings is 1. The highest BCUT2D eigenvalue weighted by Crippen LogP contribution is 2.17. The van der Waals surface area contributed by atoms with Crippen LogP contribution in [0.25, 0.3) is 0 Å². The first kappa shape index (κ1) is 18.6. The van der Waals surface area contributed by atoms with Crippen LogP contribution in [0.1, 0.15) is 31.2 Å². The van der Waals surface area contributed by atoms with E-state index in [4.69, 9.17) is 0 Å². The normalized spacial score (nSPS) is 14.8. The topological polar surface area (TPSA) is 41.8 Å². The van der Waals surface area contributed by atoms with Crippen molar-refractivity contribution in [3.05, 3.63) is 93.7 Å². The Kier molecular flexibility index (Phi) is 5.65. The van der Waals surface area contributed by atoms with Gasteiger partial charge in [-0.3, -0.25) is 9.59 Å². The Bertz CT molecular complexity index is 946. The molecule has 1 aliphatic heterocycles. The lowest BCUT2D eigenvalue weighted by Crippen LogP contribution is -3.13. The predicted molar refractivity (Wildman–Crippen MR) is 111 cm³/mol. The molecule has 1 fully saturated rings. The van der Waals surface area contributed by atoms with Crippen molar-refractivity contribution in [2.75, 3.05) is 26.2 Å². The van der Waals surface area contributed by atoms with Crippen molar-refractivity contribution < 1.29 is 14.5 Å². The van der Waals surface area contributed by atoms with Crippen molar-refractivity contribution >= 4 is 23.0 Å². The molecule has 0 radical (unpaired) electrons. The largest absolute Gasteiger partial charge is 0.328 e. The molecule has 1 aliphatic rings. The lowest BCUT2D eigenvalue weighted by Gasteiger charge is -2.32. The zero-order chi connectivity index (χ0) is 19.3. The Morgan fingerprint density at radius 2 is 1.54 bits per heavy atom. The van der Waals surface area contributed by atoms with Crippen LogP contribution in [0.3, 0.4) is 0 Å². The van der Waals surface area contributed by atoms with Gasteiger partial charge >= 0.3 is 0 Å². The van der Waals surface area contributed by atoms with Gasteiger partial charge in [0.05, 0.1) is 36.6 Å². The van der Waals surface area contributed by atoms with Gasteiger partial charge in [-0.25, -0.2) is 0 Å². The molecule has 0 unspecified atom stereocenters. The van der Waals surface area contributed by atoms with Crippen LogP contribution in [0, 0.1) is 0 Å². The molecule has 0 bridgehead atoms. The third-order valence-electron chi connectivity index (χ3n) is 5.20. The summed E-state index contributed by atoms with van der Waals surface area (Å²) in [7, 11) is 0. The van der Waals surface area contributed by atoms with Crippen LogP contribution < -0.4 is 4.90 Å². The first-order valence-electron chi connectivity index (χ1n) is 9.56. The Morgan fingerprint density at radius 1 is 0.857 bits per heavy atom.